The molecule has 0 radical (unpaired) electrons. The van der Waals surface area contributed by atoms with E-state index in [2.05, 4.69) is 42.4 Å². The van der Waals surface area contributed by atoms with Gasteiger partial charge in [0.2, 0.25) is 0 Å². The van der Waals surface area contributed by atoms with Crippen molar-refractivity contribution in [3.63, 3.8) is 0 Å². The largest absolute Gasteiger partial charge is 0.381 e. The summed E-state index contributed by atoms with van der Waals surface area (Å²) in [6.07, 6.45) is 6.51. The number of rotatable bonds is 2. The van der Waals surface area contributed by atoms with Crippen LogP contribution in [0.1, 0.15) is 37.3 Å². The van der Waals surface area contributed by atoms with E-state index in [-0.39, 0.29) is 0 Å². The highest BCUT2D eigenvalue weighted by molar-refractivity contribution is 5.56. The highest BCUT2D eigenvalue weighted by Gasteiger charge is 2.26. The van der Waals surface area contributed by atoms with E-state index in [1.807, 2.05) is 0 Å². The molecule has 1 aliphatic heterocycles. The Morgan fingerprint density at radius 3 is 2.83 bits per heavy atom. The quantitative estimate of drug-likeness (QED) is 0.860. The third kappa shape index (κ3) is 2.26. The molecule has 1 aromatic rings. The summed E-state index contributed by atoms with van der Waals surface area (Å²) in [7, 11) is 2.23. The van der Waals surface area contributed by atoms with Gasteiger partial charge in [-0.25, -0.2) is 0 Å². The fourth-order valence-corrected chi connectivity index (χ4v) is 3.43. The van der Waals surface area contributed by atoms with Gasteiger partial charge < -0.3 is 10.2 Å². The van der Waals surface area contributed by atoms with Crippen LogP contribution in [0.3, 0.4) is 0 Å². The summed E-state index contributed by atoms with van der Waals surface area (Å²) in [6.45, 7) is 3.49. The zero-order valence-corrected chi connectivity index (χ0v) is 11.6. The molecule has 2 heteroatoms. The van der Waals surface area contributed by atoms with Crippen LogP contribution >= 0.6 is 0 Å². The van der Waals surface area contributed by atoms with Gasteiger partial charge in [0.25, 0.3) is 0 Å². The summed E-state index contributed by atoms with van der Waals surface area (Å²) in [4.78, 5) is 2.45. The predicted octanol–water partition coefficient (Wildman–Crippen LogP) is 3.07. The Hall–Kier alpha value is -1.02. The standard InChI is InChI=1S/C16H24N2/c1-12-10-14(11-18(12)2)17-16-9-5-7-13-6-3-4-8-15(13)16/h5,7,9,12,14,17H,3-4,6,8,10-11H2,1-2H3. The van der Waals surface area contributed by atoms with Crippen LogP contribution in [0.5, 0.6) is 0 Å². The van der Waals surface area contributed by atoms with Crippen LogP contribution in [0.15, 0.2) is 18.2 Å². The summed E-state index contributed by atoms with van der Waals surface area (Å²) >= 11 is 0. The number of nitrogens with zero attached hydrogens (tertiary/aromatic N) is 1. The van der Waals surface area contributed by atoms with E-state index in [4.69, 9.17) is 0 Å². The molecule has 98 valence electrons. The average Bonchev–Trinajstić information content (AvgIpc) is 2.69. The van der Waals surface area contributed by atoms with E-state index < -0.39 is 0 Å². The van der Waals surface area contributed by atoms with E-state index in [0.717, 1.165) is 0 Å². The first-order chi connectivity index (χ1) is 8.74. The molecule has 1 saturated heterocycles. The van der Waals surface area contributed by atoms with Crippen LogP contribution in [0.4, 0.5) is 5.69 Å². The summed E-state index contributed by atoms with van der Waals surface area (Å²) in [5.41, 5.74) is 4.57. The number of likely N-dealkylation sites (tertiary alicyclic amines) is 1. The molecule has 2 unspecified atom stereocenters. The van der Waals surface area contributed by atoms with Gasteiger partial charge >= 0.3 is 0 Å². The zero-order chi connectivity index (χ0) is 12.5. The molecule has 1 N–H and O–H groups in total. The molecule has 1 heterocycles. The Balaban J connectivity index is 1.77. The van der Waals surface area contributed by atoms with Crippen molar-refractivity contribution in [3.8, 4) is 0 Å². The Kier molecular flexibility index (Phi) is 3.29. The van der Waals surface area contributed by atoms with E-state index in [1.54, 1.807) is 11.1 Å². The molecule has 1 fully saturated rings. The van der Waals surface area contributed by atoms with Crippen molar-refractivity contribution >= 4 is 5.69 Å². The van der Waals surface area contributed by atoms with Crippen molar-refractivity contribution < 1.29 is 0 Å². The highest BCUT2D eigenvalue weighted by atomic mass is 15.2. The molecule has 2 atom stereocenters. The number of hydrogen-bond acceptors (Lipinski definition) is 2. The molecular formula is C16H24N2. The maximum absolute atomic E-state index is 3.79. The number of aryl methyl sites for hydroxylation is 1. The first-order valence-corrected chi connectivity index (χ1v) is 7.31. The molecule has 18 heavy (non-hydrogen) atoms. The van der Waals surface area contributed by atoms with Crippen LogP contribution in [0.2, 0.25) is 0 Å². The topological polar surface area (TPSA) is 15.3 Å². The van der Waals surface area contributed by atoms with Crippen molar-refractivity contribution in [2.75, 3.05) is 18.9 Å². The second kappa shape index (κ2) is 4.93. The normalized spacial score (nSPS) is 28.1. The fourth-order valence-electron chi connectivity index (χ4n) is 3.43. The molecule has 0 amide bonds. The second-order valence-electron chi connectivity index (χ2n) is 6.02. The number of hydrogen-bond donors (Lipinski definition) is 1. The van der Waals surface area contributed by atoms with E-state index in [1.165, 1.54) is 44.3 Å². The number of benzene rings is 1. The molecule has 3 rings (SSSR count). The first kappa shape index (κ1) is 12.0. The van der Waals surface area contributed by atoms with Gasteiger partial charge in [0.15, 0.2) is 0 Å². The minimum atomic E-state index is 0.624. The number of fused-ring (bicyclic) bond motifs is 1. The van der Waals surface area contributed by atoms with Gasteiger partial charge in [0, 0.05) is 24.3 Å². The number of nitrogens with one attached hydrogen (secondary N) is 1. The third-order valence-corrected chi connectivity index (χ3v) is 4.64. The third-order valence-electron chi connectivity index (χ3n) is 4.64. The molecule has 0 bridgehead atoms. The highest BCUT2D eigenvalue weighted by Crippen LogP contribution is 2.29. The lowest BCUT2D eigenvalue weighted by Crippen LogP contribution is -2.25. The van der Waals surface area contributed by atoms with Gasteiger partial charge in [-0.2, -0.15) is 0 Å². The Morgan fingerprint density at radius 2 is 2.06 bits per heavy atom. The van der Waals surface area contributed by atoms with Crippen molar-refractivity contribution in [1.82, 2.24) is 4.90 Å². The monoisotopic (exact) mass is 244 g/mol. The molecule has 2 aliphatic rings. The molecule has 1 aromatic carbocycles. The van der Waals surface area contributed by atoms with Crippen LogP contribution in [-0.2, 0) is 12.8 Å². The van der Waals surface area contributed by atoms with Crippen LogP contribution in [0, 0.1) is 0 Å². The van der Waals surface area contributed by atoms with E-state index in [0.29, 0.717) is 12.1 Å². The van der Waals surface area contributed by atoms with Crippen molar-refractivity contribution in [2.45, 2.75) is 51.1 Å². The summed E-state index contributed by atoms with van der Waals surface area (Å²) in [5.74, 6) is 0. The lowest BCUT2D eigenvalue weighted by Gasteiger charge is -2.22. The van der Waals surface area contributed by atoms with Crippen LogP contribution in [0.25, 0.3) is 0 Å². The maximum Gasteiger partial charge on any atom is 0.0403 e. The van der Waals surface area contributed by atoms with E-state index in [9.17, 15) is 0 Å². The number of likely N-dealkylation sites (N-methyl/N-ethyl adjacent to an activating group) is 1. The second-order valence-corrected chi connectivity index (χ2v) is 6.02. The lowest BCUT2D eigenvalue weighted by atomic mass is 9.90. The minimum absolute atomic E-state index is 0.624. The smallest absolute Gasteiger partial charge is 0.0403 e. The van der Waals surface area contributed by atoms with Gasteiger partial charge in [-0.05, 0) is 63.3 Å². The molecule has 0 saturated carbocycles. The van der Waals surface area contributed by atoms with Gasteiger partial charge in [-0.1, -0.05) is 12.1 Å². The van der Waals surface area contributed by atoms with Crippen LogP contribution in [-0.4, -0.2) is 30.6 Å². The van der Waals surface area contributed by atoms with Gasteiger partial charge in [-0.3, -0.25) is 0 Å². The average molecular weight is 244 g/mol. The van der Waals surface area contributed by atoms with Crippen molar-refractivity contribution in [3.05, 3.63) is 29.3 Å². The maximum atomic E-state index is 3.79. The van der Waals surface area contributed by atoms with Gasteiger partial charge in [-0.15, -0.1) is 0 Å². The Bertz CT molecular complexity index is 417. The Labute approximate surface area is 110 Å². The molecule has 0 aromatic heterocycles. The van der Waals surface area contributed by atoms with Crippen LogP contribution < -0.4 is 5.32 Å². The zero-order valence-electron chi connectivity index (χ0n) is 11.6. The lowest BCUT2D eigenvalue weighted by molar-refractivity contribution is 0.330. The van der Waals surface area contributed by atoms with Crippen molar-refractivity contribution in [1.29, 1.82) is 0 Å². The molecule has 0 spiro atoms. The molecule has 2 nitrogen and oxygen atoms in total. The van der Waals surface area contributed by atoms with Gasteiger partial charge in [0.1, 0.15) is 0 Å². The summed E-state index contributed by atoms with van der Waals surface area (Å²) in [6, 6.07) is 8.13. The minimum Gasteiger partial charge on any atom is -0.381 e. The van der Waals surface area contributed by atoms with E-state index >= 15 is 0 Å². The van der Waals surface area contributed by atoms with Gasteiger partial charge in [0.05, 0.1) is 0 Å². The first-order valence-electron chi connectivity index (χ1n) is 7.31. The molecular weight excluding hydrogens is 220 g/mol. The Morgan fingerprint density at radius 1 is 1.22 bits per heavy atom. The SMILES string of the molecule is CC1CC(Nc2cccc3c2CCCC3)CN1C. The van der Waals surface area contributed by atoms with Crippen molar-refractivity contribution in [2.24, 2.45) is 0 Å². The fraction of sp³-hybridized carbons (Fsp3) is 0.625. The summed E-state index contributed by atoms with van der Waals surface area (Å²) in [5, 5.41) is 3.79. The number of anilines is 1. The summed E-state index contributed by atoms with van der Waals surface area (Å²) < 4.78 is 0. The predicted molar refractivity (Wildman–Crippen MR) is 77.2 cm³/mol. The molecule has 1 aliphatic carbocycles.